The van der Waals surface area contributed by atoms with Crippen LogP contribution >= 0.6 is 0 Å². The van der Waals surface area contributed by atoms with Gasteiger partial charge in [-0.3, -0.25) is 0 Å². The van der Waals surface area contributed by atoms with Crippen molar-refractivity contribution < 1.29 is 13.5 Å². The molecule has 1 saturated heterocycles. The molecule has 0 N–H and O–H groups in total. The zero-order valence-electron chi connectivity index (χ0n) is 15.7. The highest BCUT2D eigenvalue weighted by atomic mass is 28.3. The lowest BCUT2D eigenvalue weighted by molar-refractivity contribution is 0.314. The van der Waals surface area contributed by atoms with Crippen LogP contribution in [0.25, 0.3) is 11.1 Å². The lowest BCUT2D eigenvalue weighted by Gasteiger charge is -2.27. The van der Waals surface area contributed by atoms with Crippen molar-refractivity contribution in [1.29, 1.82) is 0 Å². The molecule has 0 aliphatic carbocycles. The van der Waals surface area contributed by atoms with Crippen LogP contribution in [0.5, 0.6) is 5.75 Å². The average molecular weight is 375 g/mol. The van der Waals surface area contributed by atoms with E-state index in [1.54, 1.807) is 13.0 Å². The van der Waals surface area contributed by atoms with Crippen LogP contribution in [0.3, 0.4) is 0 Å². The van der Waals surface area contributed by atoms with Gasteiger partial charge in [0.05, 0.1) is 6.61 Å². The topological polar surface area (TPSA) is 9.23 Å². The molecule has 3 rings (SSSR count). The van der Waals surface area contributed by atoms with Crippen LogP contribution in [-0.4, -0.2) is 15.4 Å². The summed E-state index contributed by atoms with van der Waals surface area (Å²) >= 11 is 0. The molecule has 0 saturated carbocycles. The minimum Gasteiger partial charge on any atom is -0.491 e. The van der Waals surface area contributed by atoms with Crippen molar-refractivity contribution >= 4 is 8.80 Å². The van der Waals surface area contributed by atoms with Crippen molar-refractivity contribution in [3.63, 3.8) is 0 Å². The van der Waals surface area contributed by atoms with Crippen molar-refractivity contribution in [3.8, 4) is 16.9 Å². The summed E-state index contributed by atoms with van der Waals surface area (Å²) in [6, 6.07) is 15.5. The van der Waals surface area contributed by atoms with Crippen molar-refractivity contribution in [2.75, 3.05) is 6.61 Å². The minimum absolute atomic E-state index is 0.0293. The Morgan fingerprint density at radius 1 is 0.962 bits per heavy atom. The third-order valence-electron chi connectivity index (χ3n) is 5.58. The first-order chi connectivity index (χ1) is 12.6. The first-order valence-corrected chi connectivity index (χ1v) is 12.3. The van der Waals surface area contributed by atoms with Gasteiger partial charge in [0.25, 0.3) is 0 Å². The molecule has 0 radical (unpaired) electrons. The molecule has 26 heavy (non-hydrogen) atoms. The summed E-state index contributed by atoms with van der Waals surface area (Å²) in [7, 11) is -0.474. The quantitative estimate of drug-likeness (QED) is 0.521. The molecule has 2 aromatic carbocycles. The zero-order chi connectivity index (χ0) is 18.5. The maximum absolute atomic E-state index is 14.4. The normalized spacial score (nSPS) is 20.2. The van der Waals surface area contributed by atoms with E-state index in [-0.39, 0.29) is 11.3 Å². The number of hydrogen-bond acceptors (Lipinski definition) is 1. The third-order valence-corrected chi connectivity index (χ3v) is 9.28. The highest BCUT2D eigenvalue weighted by molar-refractivity contribution is 6.59. The van der Waals surface area contributed by atoms with Gasteiger partial charge in [0.1, 0.15) is 0 Å². The van der Waals surface area contributed by atoms with Crippen LogP contribution in [0.1, 0.15) is 44.6 Å². The Bertz CT molecular complexity index is 722. The third kappa shape index (κ3) is 4.17. The van der Waals surface area contributed by atoms with E-state index in [0.717, 1.165) is 0 Å². The van der Waals surface area contributed by atoms with Gasteiger partial charge in [0.2, 0.25) is 5.82 Å². The fourth-order valence-electron chi connectivity index (χ4n) is 4.15. The van der Waals surface area contributed by atoms with E-state index in [1.165, 1.54) is 49.0 Å². The van der Waals surface area contributed by atoms with Crippen LogP contribution < -0.4 is 4.74 Å². The monoisotopic (exact) mass is 374 g/mol. The summed E-state index contributed by atoms with van der Waals surface area (Å²) in [5.74, 6) is -1.15. The Kier molecular flexibility index (Phi) is 6.46. The fraction of sp³-hybridized carbons (Fsp3) is 0.455. The van der Waals surface area contributed by atoms with E-state index in [4.69, 9.17) is 4.74 Å². The van der Waals surface area contributed by atoms with Crippen LogP contribution in [0, 0.1) is 11.6 Å². The molecule has 1 aliphatic rings. The molecule has 0 unspecified atom stereocenters. The van der Waals surface area contributed by atoms with Crippen molar-refractivity contribution in [2.24, 2.45) is 0 Å². The molecular formula is C22H28F2OSi. The highest BCUT2D eigenvalue weighted by Crippen LogP contribution is 2.36. The standard InChI is InChI=1S/C22H28F2OSi/c1-3-13-26-14-11-17(12-15-26)16-5-7-18(8-6-16)19-9-10-20(25-4-2)22(24)21(19)23/h5-10,17,26H,3-4,11-15H2,1-2H3/t17-,26-. The lowest BCUT2D eigenvalue weighted by Crippen LogP contribution is -2.19. The Morgan fingerprint density at radius 2 is 1.65 bits per heavy atom. The smallest absolute Gasteiger partial charge is 0.201 e. The number of halogens is 2. The van der Waals surface area contributed by atoms with Gasteiger partial charge in [-0.1, -0.05) is 55.7 Å². The van der Waals surface area contributed by atoms with Crippen molar-refractivity contribution in [2.45, 2.75) is 57.2 Å². The van der Waals surface area contributed by atoms with Gasteiger partial charge in [-0.05, 0) is 48.9 Å². The summed E-state index contributed by atoms with van der Waals surface area (Å²) in [5, 5.41) is 0. The second kappa shape index (κ2) is 8.80. The number of ether oxygens (including phenoxy) is 1. The van der Waals surface area contributed by atoms with E-state index in [9.17, 15) is 8.78 Å². The van der Waals surface area contributed by atoms with E-state index in [1.807, 2.05) is 12.1 Å². The molecule has 140 valence electrons. The highest BCUT2D eigenvalue weighted by Gasteiger charge is 2.23. The Morgan fingerprint density at radius 3 is 2.27 bits per heavy atom. The fourth-order valence-corrected chi connectivity index (χ4v) is 7.58. The van der Waals surface area contributed by atoms with Gasteiger partial charge in [-0.2, -0.15) is 4.39 Å². The van der Waals surface area contributed by atoms with Gasteiger partial charge in [-0.15, -0.1) is 0 Å². The molecule has 4 heteroatoms. The van der Waals surface area contributed by atoms with Gasteiger partial charge in [0, 0.05) is 14.4 Å². The number of rotatable bonds is 6. The maximum Gasteiger partial charge on any atom is 0.201 e. The molecule has 1 heterocycles. The Hall–Kier alpha value is -1.68. The molecule has 0 aromatic heterocycles. The molecule has 1 fully saturated rings. The molecule has 2 aromatic rings. The molecule has 0 bridgehead atoms. The summed E-state index contributed by atoms with van der Waals surface area (Å²) in [6.07, 6.45) is 3.92. The molecule has 0 atom stereocenters. The van der Waals surface area contributed by atoms with Gasteiger partial charge < -0.3 is 4.74 Å². The maximum atomic E-state index is 14.4. The second-order valence-electron chi connectivity index (χ2n) is 7.30. The molecule has 1 nitrogen and oxygen atoms in total. The zero-order valence-corrected chi connectivity index (χ0v) is 16.9. The first kappa shape index (κ1) is 19.1. The summed E-state index contributed by atoms with van der Waals surface area (Å²) in [4.78, 5) is 0. The van der Waals surface area contributed by atoms with Crippen molar-refractivity contribution in [3.05, 3.63) is 53.6 Å². The van der Waals surface area contributed by atoms with E-state index in [0.29, 0.717) is 18.1 Å². The molecule has 1 aliphatic heterocycles. The van der Waals surface area contributed by atoms with Crippen LogP contribution in [0.15, 0.2) is 36.4 Å². The second-order valence-corrected chi connectivity index (χ2v) is 10.8. The first-order valence-electron chi connectivity index (χ1n) is 9.85. The van der Waals surface area contributed by atoms with E-state index in [2.05, 4.69) is 19.1 Å². The van der Waals surface area contributed by atoms with Crippen molar-refractivity contribution in [1.82, 2.24) is 0 Å². The summed E-state index contributed by atoms with van der Waals surface area (Å²) in [5.41, 5.74) is 2.34. The SMILES string of the molecule is CCC[Si@H]1CC[C@H](c2ccc(-c3ccc(OCC)c(F)c3F)cc2)CC1. The van der Waals surface area contributed by atoms with E-state index < -0.39 is 20.4 Å². The summed E-state index contributed by atoms with van der Waals surface area (Å²) < 4.78 is 33.6. The number of hydrogen-bond donors (Lipinski definition) is 0. The predicted octanol–water partition coefficient (Wildman–Crippen LogP) is 6.55. The van der Waals surface area contributed by atoms with Gasteiger partial charge in [-0.25, -0.2) is 4.39 Å². The lowest BCUT2D eigenvalue weighted by atomic mass is 9.92. The molecule has 0 spiro atoms. The van der Waals surface area contributed by atoms with Gasteiger partial charge >= 0.3 is 0 Å². The molecular weight excluding hydrogens is 346 g/mol. The van der Waals surface area contributed by atoms with Crippen LogP contribution in [0.2, 0.25) is 18.1 Å². The van der Waals surface area contributed by atoms with E-state index >= 15 is 0 Å². The minimum atomic E-state index is -0.910. The summed E-state index contributed by atoms with van der Waals surface area (Å²) in [6.45, 7) is 4.36. The number of benzene rings is 2. The predicted molar refractivity (Wildman–Crippen MR) is 107 cm³/mol. The van der Waals surface area contributed by atoms with Crippen LogP contribution in [-0.2, 0) is 0 Å². The molecule has 0 amide bonds. The van der Waals surface area contributed by atoms with Gasteiger partial charge in [0.15, 0.2) is 11.6 Å². The Labute approximate surface area is 157 Å². The Balaban J connectivity index is 1.73. The largest absolute Gasteiger partial charge is 0.491 e. The average Bonchev–Trinajstić information content (AvgIpc) is 2.67. The van der Waals surface area contributed by atoms with Crippen LogP contribution in [0.4, 0.5) is 8.78 Å².